The van der Waals surface area contributed by atoms with Gasteiger partial charge in [-0.05, 0) is 26.7 Å². The first-order valence-electron chi connectivity index (χ1n) is 4.46. The highest BCUT2D eigenvalue weighted by Gasteiger charge is 2.31. The van der Waals surface area contributed by atoms with Gasteiger partial charge >= 0.3 is 5.97 Å². The molecule has 0 aromatic heterocycles. The van der Waals surface area contributed by atoms with E-state index >= 15 is 0 Å². The Morgan fingerprint density at radius 3 is 2.46 bits per heavy atom. The molecule has 0 bridgehead atoms. The molecule has 0 spiro atoms. The average Bonchev–Trinajstić information content (AvgIpc) is 2.12. The van der Waals surface area contributed by atoms with Crippen molar-refractivity contribution in [2.24, 2.45) is 11.3 Å². The van der Waals surface area contributed by atoms with Crippen molar-refractivity contribution in [1.29, 1.82) is 5.26 Å². The smallest absolute Gasteiger partial charge is 0.311 e. The molecular weight excluding hydrogens is 166 g/mol. The molecule has 0 aliphatic rings. The third-order valence-electron chi connectivity index (χ3n) is 2.17. The quantitative estimate of drug-likeness (QED) is 0.627. The summed E-state index contributed by atoms with van der Waals surface area (Å²) in [4.78, 5) is 11.3. The first kappa shape index (κ1) is 12.0. The number of hydrogen-bond donors (Lipinski definition) is 0. The summed E-state index contributed by atoms with van der Waals surface area (Å²) < 4.78 is 4.66. The van der Waals surface area contributed by atoms with Gasteiger partial charge in [-0.1, -0.05) is 6.92 Å². The van der Waals surface area contributed by atoms with Crippen LogP contribution in [0.2, 0.25) is 0 Å². The molecule has 74 valence electrons. The summed E-state index contributed by atoms with van der Waals surface area (Å²) in [5.74, 6) is -0.310. The van der Waals surface area contributed by atoms with E-state index in [9.17, 15) is 4.79 Å². The Balaban J connectivity index is 4.32. The second-order valence-corrected chi connectivity index (χ2v) is 3.81. The minimum atomic E-state index is -0.550. The van der Waals surface area contributed by atoms with Crippen LogP contribution in [0, 0.1) is 22.7 Å². The summed E-state index contributed by atoms with van der Waals surface area (Å²) in [6.45, 7) is 5.55. The Hall–Kier alpha value is -1.04. The highest BCUT2D eigenvalue weighted by Crippen LogP contribution is 2.27. The number of carbonyl (C=O) groups excluding carboxylic acids is 1. The van der Waals surface area contributed by atoms with Crippen molar-refractivity contribution < 1.29 is 9.53 Å². The normalized spacial score (nSPS) is 13.2. The number of esters is 1. The standard InChI is InChI=1S/C10H17NO2/c1-5-8(7-11)6-10(2,3)9(12)13-4/h8H,5-6H2,1-4H3. The van der Waals surface area contributed by atoms with Gasteiger partial charge in [-0.25, -0.2) is 0 Å². The van der Waals surface area contributed by atoms with Gasteiger partial charge in [0, 0.05) is 5.92 Å². The molecule has 3 heteroatoms. The molecule has 0 radical (unpaired) electrons. The van der Waals surface area contributed by atoms with Crippen molar-refractivity contribution in [2.45, 2.75) is 33.6 Å². The maximum absolute atomic E-state index is 11.3. The van der Waals surface area contributed by atoms with E-state index in [1.165, 1.54) is 7.11 Å². The fraction of sp³-hybridized carbons (Fsp3) is 0.800. The van der Waals surface area contributed by atoms with E-state index in [1.807, 2.05) is 6.92 Å². The van der Waals surface area contributed by atoms with E-state index < -0.39 is 5.41 Å². The molecule has 1 atom stereocenters. The van der Waals surface area contributed by atoms with E-state index in [2.05, 4.69) is 10.8 Å². The Kier molecular flexibility index (Phi) is 4.47. The van der Waals surface area contributed by atoms with Crippen LogP contribution in [0.1, 0.15) is 33.6 Å². The number of nitriles is 1. The van der Waals surface area contributed by atoms with Gasteiger partial charge in [-0.3, -0.25) is 4.79 Å². The van der Waals surface area contributed by atoms with Crippen LogP contribution in [0.4, 0.5) is 0 Å². The van der Waals surface area contributed by atoms with Crippen LogP contribution in [0.5, 0.6) is 0 Å². The van der Waals surface area contributed by atoms with E-state index in [-0.39, 0.29) is 11.9 Å². The highest BCUT2D eigenvalue weighted by molar-refractivity contribution is 5.75. The molecule has 0 aromatic rings. The number of rotatable bonds is 4. The van der Waals surface area contributed by atoms with Crippen LogP contribution in [-0.2, 0) is 9.53 Å². The minimum Gasteiger partial charge on any atom is -0.469 e. The molecule has 0 rings (SSSR count). The van der Waals surface area contributed by atoms with E-state index in [1.54, 1.807) is 13.8 Å². The lowest BCUT2D eigenvalue weighted by Gasteiger charge is -2.23. The van der Waals surface area contributed by atoms with Gasteiger partial charge in [0.05, 0.1) is 18.6 Å². The van der Waals surface area contributed by atoms with Crippen molar-refractivity contribution in [3.05, 3.63) is 0 Å². The maximum atomic E-state index is 11.3. The van der Waals surface area contributed by atoms with Gasteiger partial charge < -0.3 is 4.74 Å². The first-order valence-corrected chi connectivity index (χ1v) is 4.46. The molecular formula is C10H17NO2. The van der Waals surface area contributed by atoms with E-state index in [4.69, 9.17) is 5.26 Å². The summed E-state index contributed by atoms with van der Waals surface area (Å²) >= 11 is 0. The molecule has 0 aromatic carbocycles. The van der Waals surface area contributed by atoms with E-state index in [0.29, 0.717) is 6.42 Å². The summed E-state index contributed by atoms with van der Waals surface area (Å²) in [5.41, 5.74) is -0.550. The Bertz CT molecular complexity index is 215. The third-order valence-corrected chi connectivity index (χ3v) is 2.17. The lowest BCUT2D eigenvalue weighted by molar-refractivity contribution is -0.151. The lowest BCUT2D eigenvalue weighted by atomic mass is 9.82. The molecule has 0 aliphatic heterocycles. The van der Waals surface area contributed by atoms with Crippen molar-refractivity contribution in [3.63, 3.8) is 0 Å². The largest absolute Gasteiger partial charge is 0.469 e. The fourth-order valence-corrected chi connectivity index (χ4v) is 1.26. The molecule has 1 unspecified atom stereocenters. The zero-order valence-electron chi connectivity index (χ0n) is 8.76. The number of nitrogens with zero attached hydrogens (tertiary/aromatic N) is 1. The van der Waals surface area contributed by atoms with Crippen LogP contribution in [0.3, 0.4) is 0 Å². The third kappa shape index (κ3) is 3.45. The fourth-order valence-electron chi connectivity index (χ4n) is 1.26. The van der Waals surface area contributed by atoms with Gasteiger partial charge in [0.1, 0.15) is 0 Å². The SMILES string of the molecule is CCC(C#N)CC(C)(C)C(=O)OC. The van der Waals surface area contributed by atoms with Gasteiger partial charge in [-0.2, -0.15) is 5.26 Å². The van der Waals surface area contributed by atoms with Crippen LogP contribution in [0.25, 0.3) is 0 Å². The van der Waals surface area contributed by atoms with Gasteiger partial charge in [-0.15, -0.1) is 0 Å². The number of methoxy groups -OCH3 is 1. The summed E-state index contributed by atoms with van der Waals surface area (Å²) in [6.07, 6.45) is 1.34. The Morgan fingerprint density at radius 1 is 1.62 bits per heavy atom. The zero-order chi connectivity index (χ0) is 10.5. The topological polar surface area (TPSA) is 50.1 Å². The van der Waals surface area contributed by atoms with Crippen LogP contribution in [0.15, 0.2) is 0 Å². The summed E-state index contributed by atoms with van der Waals surface area (Å²) in [5, 5.41) is 8.74. The predicted molar refractivity (Wildman–Crippen MR) is 49.8 cm³/mol. The monoisotopic (exact) mass is 183 g/mol. The van der Waals surface area contributed by atoms with Crippen LogP contribution >= 0.6 is 0 Å². The van der Waals surface area contributed by atoms with Gasteiger partial charge in [0.25, 0.3) is 0 Å². The molecule has 13 heavy (non-hydrogen) atoms. The number of carbonyl (C=O) groups is 1. The Morgan fingerprint density at radius 2 is 2.15 bits per heavy atom. The molecule has 3 nitrogen and oxygen atoms in total. The average molecular weight is 183 g/mol. The van der Waals surface area contributed by atoms with Crippen LogP contribution in [-0.4, -0.2) is 13.1 Å². The molecule has 0 N–H and O–H groups in total. The van der Waals surface area contributed by atoms with Gasteiger partial charge in [0.15, 0.2) is 0 Å². The number of hydrogen-bond acceptors (Lipinski definition) is 3. The van der Waals surface area contributed by atoms with Crippen LogP contribution < -0.4 is 0 Å². The van der Waals surface area contributed by atoms with Gasteiger partial charge in [0.2, 0.25) is 0 Å². The Labute approximate surface area is 79.7 Å². The first-order chi connectivity index (χ1) is 5.97. The summed E-state index contributed by atoms with van der Waals surface area (Å²) in [7, 11) is 1.37. The summed E-state index contributed by atoms with van der Waals surface area (Å²) in [6, 6.07) is 2.18. The molecule has 0 fully saturated rings. The van der Waals surface area contributed by atoms with Crippen molar-refractivity contribution in [2.75, 3.05) is 7.11 Å². The molecule has 0 amide bonds. The van der Waals surface area contributed by atoms with Crippen molar-refractivity contribution in [3.8, 4) is 6.07 Å². The van der Waals surface area contributed by atoms with Crippen molar-refractivity contribution in [1.82, 2.24) is 0 Å². The molecule has 0 aliphatic carbocycles. The zero-order valence-corrected chi connectivity index (χ0v) is 8.76. The highest BCUT2D eigenvalue weighted by atomic mass is 16.5. The second kappa shape index (κ2) is 4.86. The van der Waals surface area contributed by atoms with E-state index in [0.717, 1.165) is 6.42 Å². The van der Waals surface area contributed by atoms with Crippen molar-refractivity contribution >= 4 is 5.97 Å². The molecule has 0 saturated carbocycles. The number of ether oxygens (including phenoxy) is 1. The maximum Gasteiger partial charge on any atom is 0.311 e. The minimum absolute atomic E-state index is 0.0610. The lowest BCUT2D eigenvalue weighted by Crippen LogP contribution is -2.27. The predicted octanol–water partition coefficient (Wildman–Crippen LogP) is 2.13. The second-order valence-electron chi connectivity index (χ2n) is 3.81. The molecule has 0 saturated heterocycles. The molecule has 0 heterocycles.